The normalized spacial score (nSPS) is 9.94. The van der Waals surface area contributed by atoms with Gasteiger partial charge in [-0.25, -0.2) is 9.97 Å². The Labute approximate surface area is 125 Å². The molecule has 4 N–H and O–H groups in total. The highest BCUT2D eigenvalue weighted by molar-refractivity contribution is 6.41. The SMILES string of the molecule is Cl.Nc1cc(N)nc(-c2c(Cl)cc(Cl)cc2Cl)n1. The van der Waals surface area contributed by atoms with Gasteiger partial charge in [0.15, 0.2) is 5.82 Å². The monoisotopic (exact) mass is 324 g/mol. The summed E-state index contributed by atoms with van der Waals surface area (Å²) >= 11 is 17.9. The van der Waals surface area contributed by atoms with Gasteiger partial charge in [-0.3, -0.25) is 0 Å². The van der Waals surface area contributed by atoms with Gasteiger partial charge < -0.3 is 11.5 Å². The summed E-state index contributed by atoms with van der Waals surface area (Å²) in [6, 6.07) is 4.54. The molecule has 1 aromatic carbocycles. The van der Waals surface area contributed by atoms with E-state index < -0.39 is 0 Å². The molecule has 2 aromatic rings. The molecule has 96 valence electrons. The highest BCUT2D eigenvalue weighted by Crippen LogP contribution is 2.35. The molecular weight excluding hydrogens is 318 g/mol. The van der Waals surface area contributed by atoms with Crippen LogP contribution < -0.4 is 11.5 Å². The van der Waals surface area contributed by atoms with Crippen molar-refractivity contribution in [2.24, 2.45) is 0 Å². The van der Waals surface area contributed by atoms with E-state index in [-0.39, 0.29) is 29.9 Å². The molecule has 8 heteroatoms. The molecule has 0 fully saturated rings. The van der Waals surface area contributed by atoms with Crippen LogP contribution >= 0.6 is 47.2 Å². The minimum Gasteiger partial charge on any atom is -0.384 e. The van der Waals surface area contributed by atoms with Crippen molar-refractivity contribution in [2.75, 3.05) is 11.5 Å². The molecule has 1 aromatic heterocycles. The summed E-state index contributed by atoms with van der Waals surface area (Å²) in [5.41, 5.74) is 11.6. The standard InChI is InChI=1S/C10H7Cl3N4.ClH/c11-4-1-5(12)9(6(13)2-4)10-16-7(14)3-8(15)17-10;/h1-3H,(H4,14,15,16,17);1H. The molecule has 4 nitrogen and oxygen atoms in total. The molecule has 0 aliphatic carbocycles. The number of benzene rings is 1. The molecule has 18 heavy (non-hydrogen) atoms. The van der Waals surface area contributed by atoms with Gasteiger partial charge in [0, 0.05) is 11.1 Å². The lowest BCUT2D eigenvalue weighted by Crippen LogP contribution is -2.00. The van der Waals surface area contributed by atoms with E-state index in [1.165, 1.54) is 6.07 Å². The molecule has 2 rings (SSSR count). The summed E-state index contributed by atoms with van der Waals surface area (Å²) in [4.78, 5) is 8.06. The number of aromatic nitrogens is 2. The van der Waals surface area contributed by atoms with Crippen molar-refractivity contribution in [3.05, 3.63) is 33.3 Å². The summed E-state index contributed by atoms with van der Waals surface area (Å²) in [5, 5.41) is 1.11. The maximum absolute atomic E-state index is 6.04. The maximum Gasteiger partial charge on any atom is 0.166 e. The first-order valence-electron chi connectivity index (χ1n) is 4.52. The fourth-order valence-corrected chi connectivity index (χ4v) is 2.34. The molecule has 0 saturated heterocycles. The van der Waals surface area contributed by atoms with Crippen LogP contribution in [0.3, 0.4) is 0 Å². The molecule has 0 atom stereocenters. The number of rotatable bonds is 1. The van der Waals surface area contributed by atoms with Crippen molar-refractivity contribution in [1.29, 1.82) is 0 Å². The quantitative estimate of drug-likeness (QED) is 0.838. The lowest BCUT2D eigenvalue weighted by atomic mass is 10.2. The number of hydrogen-bond donors (Lipinski definition) is 2. The zero-order chi connectivity index (χ0) is 12.6. The lowest BCUT2D eigenvalue weighted by Gasteiger charge is -2.07. The molecule has 0 unspecified atom stereocenters. The first kappa shape index (κ1) is 15.1. The predicted octanol–water partition coefficient (Wildman–Crippen LogP) is 3.69. The van der Waals surface area contributed by atoms with Crippen molar-refractivity contribution in [3.63, 3.8) is 0 Å². The highest BCUT2D eigenvalue weighted by atomic mass is 35.5. The van der Waals surface area contributed by atoms with E-state index in [0.717, 1.165) is 0 Å². The van der Waals surface area contributed by atoms with Gasteiger partial charge in [0.1, 0.15) is 11.6 Å². The minimum absolute atomic E-state index is 0. The second-order valence-electron chi connectivity index (χ2n) is 3.29. The van der Waals surface area contributed by atoms with Gasteiger partial charge in [-0.1, -0.05) is 34.8 Å². The molecule has 0 saturated carbocycles. The molecule has 0 radical (unpaired) electrons. The Morgan fingerprint density at radius 2 is 1.28 bits per heavy atom. The van der Waals surface area contributed by atoms with Gasteiger partial charge in [0.25, 0.3) is 0 Å². The minimum atomic E-state index is 0. The van der Waals surface area contributed by atoms with Crippen LogP contribution in [0.1, 0.15) is 0 Å². The molecule has 0 bridgehead atoms. The van der Waals surface area contributed by atoms with Crippen LogP contribution in [0.15, 0.2) is 18.2 Å². The number of anilines is 2. The molecular formula is C10H8Cl4N4. The van der Waals surface area contributed by atoms with Gasteiger partial charge >= 0.3 is 0 Å². The van der Waals surface area contributed by atoms with Crippen molar-refractivity contribution in [3.8, 4) is 11.4 Å². The average molecular weight is 326 g/mol. The van der Waals surface area contributed by atoms with Crippen molar-refractivity contribution < 1.29 is 0 Å². The van der Waals surface area contributed by atoms with Crippen LogP contribution in [0.5, 0.6) is 0 Å². The van der Waals surface area contributed by atoms with Crippen LogP contribution in [0, 0.1) is 0 Å². The zero-order valence-corrected chi connectivity index (χ0v) is 11.9. The van der Waals surface area contributed by atoms with Gasteiger partial charge in [-0.2, -0.15) is 0 Å². The van der Waals surface area contributed by atoms with Gasteiger partial charge in [-0.05, 0) is 12.1 Å². The third-order valence-electron chi connectivity index (χ3n) is 2.00. The lowest BCUT2D eigenvalue weighted by molar-refractivity contribution is 1.19. The van der Waals surface area contributed by atoms with Crippen molar-refractivity contribution in [2.45, 2.75) is 0 Å². The summed E-state index contributed by atoms with van der Waals surface area (Å²) < 4.78 is 0. The molecule has 0 aliphatic heterocycles. The molecule has 0 aliphatic rings. The third-order valence-corrected chi connectivity index (χ3v) is 2.81. The first-order chi connectivity index (χ1) is 7.97. The van der Waals surface area contributed by atoms with Crippen LogP contribution in [0.25, 0.3) is 11.4 Å². The number of halogens is 4. The summed E-state index contributed by atoms with van der Waals surface area (Å²) in [7, 11) is 0. The Balaban J connectivity index is 0.00000162. The van der Waals surface area contributed by atoms with Crippen LogP contribution in [0.4, 0.5) is 11.6 Å². The maximum atomic E-state index is 6.04. The second kappa shape index (κ2) is 5.80. The summed E-state index contributed by atoms with van der Waals surface area (Å²) in [6.45, 7) is 0. The van der Waals surface area contributed by atoms with Crippen molar-refractivity contribution >= 4 is 58.8 Å². The van der Waals surface area contributed by atoms with E-state index in [4.69, 9.17) is 46.3 Å². The van der Waals surface area contributed by atoms with Crippen LogP contribution in [-0.4, -0.2) is 9.97 Å². The fourth-order valence-electron chi connectivity index (χ4n) is 1.35. The van der Waals surface area contributed by atoms with E-state index in [2.05, 4.69) is 9.97 Å². The molecule has 0 spiro atoms. The van der Waals surface area contributed by atoms with E-state index >= 15 is 0 Å². The van der Waals surface area contributed by atoms with Crippen LogP contribution in [-0.2, 0) is 0 Å². The van der Waals surface area contributed by atoms with Gasteiger partial charge in [0.2, 0.25) is 0 Å². The molecule has 1 heterocycles. The Kier molecular flexibility index (Phi) is 4.87. The Morgan fingerprint density at radius 3 is 1.72 bits per heavy atom. The van der Waals surface area contributed by atoms with Gasteiger partial charge in [-0.15, -0.1) is 12.4 Å². The fraction of sp³-hybridized carbons (Fsp3) is 0. The van der Waals surface area contributed by atoms with Gasteiger partial charge in [0.05, 0.1) is 15.6 Å². The molecule has 0 amide bonds. The summed E-state index contributed by atoms with van der Waals surface area (Å²) in [5.74, 6) is 0.762. The Hall–Kier alpha value is -0.940. The Morgan fingerprint density at radius 1 is 0.833 bits per heavy atom. The third kappa shape index (κ3) is 3.09. The summed E-state index contributed by atoms with van der Waals surface area (Å²) in [6.07, 6.45) is 0. The first-order valence-corrected chi connectivity index (χ1v) is 5.65. The van der Waals surface area contributed by atoms with E-state index in [1.807, 2.05) is 0 Å². The number of nitrogens with zero attached hydrogens (tertiary/aromatic N) is 2. The number of hydrogen-bond acceptors (Lipinski definition) is 4. The predicted molar refractivity (Wildman–Crippen MR) is 78.6 cm³/mol. The highest BCUT2D eigenvalue weighted by Gasteiger charge is 2.13. The second-order valence-corrected chi connectivity index (χ2v) is 4.54. The van der Waals surface area contributed by atoms with E-state index in [0.29, 0.717) is 20.6 Å². The smallest absolute Gasteiger partial charge is 0.166 e. The Bertz CT molecular complexity index is 545. The van der Waals surface area contributed by atoms with Crippen molar-refractivity contribution in [1.82, 2.24) is 9.97 Å². The topological polar surface area (TPSA) is 77.8 Å². The van der Waals surface area contributed by atoms with E-state index in [1.54, 1.807) is 12.1 Å². The largest absolute Gasteiger partial charge is 0.384 e. The van der Waals surface area contributed by atoms with Crippen LogP contribution in [0.2, 0.25) is 15.1 Å². The number of nitrogens with two attached hydrogens (primary N) is 2. The van der Waals surface area contributed by atoms with E-state index in [9.17, 15) is 0 Å². The average Bonchev–Trinajstić information content (AvgIpc) is 2.13. The zero-order valence-electron chi connectivity index (χ0n) is 8.82. The number of nitrogen functional groups attached to an aromatic ring is 2.